The smallest absolute Gasteiger partial charge is 0.125 e. The highest BCUT2D eigenvalue weighted by molar-refractivity contribution is 7.16. The van der Waals surface area contributed by atoms with Gasteiger partial charge in [-0.05, 0) is 24.3 Å². The fourth-order valence-corrected chi connectivity index (χ4v) is 2.37. The molecule has 0 saturated carbocycles. The Bertz CT molecular complexity index is 586. The fourth-order valence-electron chi connectivity index (χ4n) is 1.33. The lowest BCUT2D eigenvalue weighted by Gasteiger charge is -2.05. The second kappa shape index (κ2) is 4.12. The number of hydrogen-bond donors (Lipinski definition) is 1. The Morgan fingerprint density at radius 2 is 2.12 bits per heavy atom. The van der Waals surface area contributed by atoms with Crippen molar-refractivity contribution in [1.82, 2.24) is 0 Å². The first-order valence-corrected chi connectivity index (χ1v) is 5.56. The third-order valence-electron chi connectivity index (χ3n) is 2.08. The topological polar surface area (TPSA) is 49.8 Å². The van der Waals surface area contributed by atoms with Gasteiger partial charge in [0.25, 0.3) is 0 Å². The highest BCUT2D eigenvalue weighted by Gasteiger charge is 2.11. The number of nitrogen functional groups attached to an aromatic ring is 1. The van der Waals surface area contributed by atoms with Crippen LogP contribution < -0.4 is 5.73 Å². The van der Waals surface area contributed by atoms with Crippen LogP contribution in [0.2, 0.25) is 5.02 Å². The van der Waals surface area contributed by atoms with E-state index in [9.17, 15) is 4.39 Å². The Balaban J connectivity index is 2.60. The molecule has 1 heterocycles. The molecule has 2 nitrogen and oxygen atoms in total. The Morgan fingerprint density at radius 3 is 2.75 bits per heavy atom. The van der Waals surface area contributed by atoms with Crippen molar-refractivity contribution in [2.24, 2.45) is 0 Å². The zero-order valence-electron chi connectivity index (χ0n) is 8.00. The zero-order chi connectivity index (χ0) is 11.7. The van der Waals surface area contributed by atoms with Gasteiger partial charge in [0.1, 0.15) is 16.8 Å². The molecule has 0 saturated heterocycles. The van der Waals surface area contributed by atoms with Gasteiger partial charge in [0.2, 0.25) is 0 Å². The van der Waals surface area contributed by atoms with E-state index in [1.54, 1.807) is 12.1 Å². The molecule has 0 amide bonds. The van der Waals surface area contributed by atoms with E-state index in [2.05, 4.69) is 0 Å². The summed E-state index contributed by atoms with van der Waals surface area (Å²) in [6, 6.07) is 7.89. The van der Waals surface area contributed by atoms with E-state index in [4.69, 9.17) is 22.6 Å². The van der Waals surface area contributed by atoms with Gasteiger partial charge in [-0.1, -0.05) is 11.6 Å². The SMILES string of the molecule is N#Cc1ccc(-c2cc(F)cc(Cl)c2N)s1. The van der Waals surface area contributed by atoms with Crippen molar-refractivity contribution >= 4 is 28.6 Å². The monoisotopic (exact) mass is 252 g/mol. The summed E-state index contributed by atoms with van der Waals surface area (Å²) in [7, 11) is 0. The van der Waals surface area contributed by atoms with Crippen LogP contribution in [0.25, 0.3) is 10.4 Å². The molecule has 0 bridgehead atoms. The van der Waals surface area contributed by atoms with E-state index in [0.29, 0.717) is 16.1 Å². The van der Waals surface area contributed by atoms with E-state index in [1.165, 1.54) is 23.5 Å². The summed E-state index contributed by atoms with van der Waals surface area (Å²) < 4.78 is 13.2. The van der Waals surface area contributed by atoms with E-state index in [1.807, 2.05) is 6.07 Å². The van der Waals surface area contributed by atoms with Crippen molar-refractivity contribution in [3.8, 4) is 16.5 Å². The third kappa shape index (κ3) is 1.87. The number of rotatable bonds is 1. The average Bonchev–Trinajstić information content (AvgIpc) is 2.71. The molecule has 1 aromatic heterocycles. The first kappa shape index (κ1) is 10.9. The summed E-state index contributed by atoms with van der Waals surface area (Å²) in [6.45, 7) is 0. The molecular weight excluding hydrogens is 247 g/mol. The summed E-state index contributed by atoms with van der Waals surface area (Å²) in [5.41, 5.74) is 6.61. The molecule has 0 atom stereocenters. The Kier molecular flexibility index (Phi) is 2.82. The van der Waals surface area contributed by atoms with Crippen LogP contribution in [0, 0.1) is 17.1 Å². The standard InChI is InChI=1S/C11H6ClFN2S/c12-9-4-6(13)3-8(11(9)15)10-2-1-7(5-14)16-10/h1-4H,15H2. The van der Waals surface area contributed by atoms with Crippen LogP contribution in [0.5, 0.6) is 0 Å². The van der Waals surface area contributed by atoms with E-state index in [0.717, 1.165) is 4.88 Å². The van der Waals surface area contributed by atoms with Gasteiger partial charge in [0.15, 0.2) is 0 Å². The lowest BCUT2D eigenvalue weighted by atomic mass is 10.1. The first-order chi connectivity index (χ1) is 7.61. The van der Waals surface area contributed by atoms with Gasteiger partial charge in [0, 0.05) is 10.4 Å². The van der Waals surface area contributed by atoms with Crippen LogP contribution in [-0.2, 0) is 0 Å². The summed E-state index contributed by atoms with van der Waals surface area (Å²) in [4.78, 5) is 1.28. The van der Waals surface area contributed by atoms with Crippen molar-refractivity contribution in [3.05, 3.63) is 40.0 Å². The zero-order valence-corrected chi connectivity index (χ0v) is 9.57. The molecule has 2 aromatic rings. The summed E-state index contributed by atoms with van der Waals surface area (Å²) >= 11 is 7.04. The first-order valence-electron chi connectivity index (χ1n) is 4.36. The van der Waals surface area contributed by atoms with Gasteiger partial charge in [-0.3, -0.25) is 0 Å². The van der Waals surface area contributed by atoms with E-state index >= 15 is 0 Å². The predicted octanol–water partition coefficient (Wildman–Crippen LogP) is 3.66. The van der Waals surface area contributed by atoms with Crippen LogP contribution in [0.15, 0.2) is 24.3 Å². The van der Waals surface area contributed by atoms with Gasteiger partial charge >= 0.3 is 0 Å². The highest BCUT2D eigenvalue weighted by Crippen LogP contribution is 2.36. The van der Waals surface area contributed by atoms with Crippen LogP contribution in [0.3, 0.4) is 0 Å². The molecule has 80 valence electrons. The lowest BCUT2D eigenvalue weighted by molar-refractivity contribution is 0.628. The maximum Gasteiger partial charge on any atom is 0.125 e. The summed E-state index contributed by atoms with van der Waals surface area (Å²) in [6.07, 6.45) is 0. The molecule has 1 aromatic carbocycles. The number of nitrogens with two attached hydrogens (primary N) is 1. The van der Waals surface area contributed by atoms with Crippen molar-refractivity contribution in [3.63, 3.8) is 0 Å². The number of halogens is 2. The van der Waals surface area contributed by atoms with Crippen LogP contribution in [0.4, 0.5) is 10.1 Å². The highest BCUT2D eigenvalue weighted by atomic mass is 35.5. The Morgan fingerprint density at radius 1 is 1.38 bits per heavy atom. The molecule has 16 heavy (non-hydrogen) atoms. The molecule has 2 rings (SSSR count). The van der Waals surface area contributed by atoms with Crippen LogP contribution >= 0.6 is 22.9 Å². The van der Waals surface area contributed by atoms with Gasteiger partial charge in [-0.15, -0.1) is 11.3 Å². The number of anilines is 1. The maximum absolute atomic E-state index is 13.2. The number of thiophene rings is 1. The Hall–Kier alpha value is -1.57. The minimum absolute atomic E-state index is 0.182. The molecular formula is C11H6ClFN2S. The van der Waals surface area contributed by atoms with Gasteiger partial charge in [0.05, 0.1) is 10.7 Å². The molecule has 0 fully saturated rings. The second-order valence-corrected chi connectivity index (χ2v) is 4.62. The normalized spacial score (nSPS) is 10.1. The lowest BCUT2D eigenvalue weighted by Crippen LogP contribution is -1.91. The number of hydrogen-bond acceptors (Lipinski definition) is 3. The van der Waals surface area contributed by atoms with Gasteiger partial charge in [-0.2, -0.15) is 5.26 Å². The van der Waals surface area contributed by atoms with Crippen molar-refractivity contribution in [2.45, 2.75) is 0 Å². The second-order valence-electron chi connectivity index (χ2n) is 3.12. The van der Waals surface area contributed by atoms with Crippen molar-refractivity contribution < 1.29 is 4.39 Å². The number of nitriles is 1. The van der Waals surface area contributed by atoms with Crippen molar-refractivity contribution in [1.29, 1.82) is 5.26 Å². The number of nitrogens with zero attached hydrogens (tertiary/aromatic N) is 1. The van der Waals surface area contributed by atoms with Gasteiger partial charge in [-0.25, -0.2) is 4.39 Å². The van der Waals surface area contributed by atoms with E-state index in [-0.39, 0.29) is 5.02 Å². The molecule has 0 aliphatic rings. The summed E-state index contributed by atoms with van der Waals surface area (Å²) in [5, 5.41) is 8.89. The van der Waals surface area contributed by atoms with Crippen LogP contribution in [-0.4, -0.2) is 0 Å². The molecule has 5 heteroatoms. The Labute approximate surface area is 101 Å². The molecule has 0 unspecified atom stereocenters. The number of benzene rings is 1. The molecule has 2 N–H and O–H groups in total. The molecule has 0 aliphatic heterocycles. The van der Waals surface area contributed by atoms with Crippen molar-refractivity contribution in [2.75, 3.05) is 5.73 Å². The fraction of sp³-hybridized carbons (Fsp3) is 0. The summed E-state index contributed by atoms with van der Waals surface area (Å²) in [5.74, 6) is -0.443. The molecule has 0 aliphatic carbocycles. The molecule has 0 radical (unpaired) electrons. The van der Waals surface area contributed by atoms with E-state index < -0.39 is 5.82 Å². The largest absolute Gasteiger partial charge is 0.397 e. The minimum atomic E-state index is -0.443. The van der Waals surface area contributed by atoms with Gasteiger partial charge < -0.3 is 5.73 Å². The third-order valence-corrected chi connectivity index (χ3v) is 3.41. The predicted molar refractivity (Wildman–Crippen MR) is 63.9 cm³/mol. The molecule has 0 spiro atoms. The quantitative estimate of drug-likeness (QED) is 0.788. The minimum Gasteiger partial charge on any atom is -0.397 e. The van der Waals surface area contributed by atoms with Crippen LogP contribution in [0.1, 0.15) is 4.88 Å². The maximum atomic E-state index is 13.2. The average molecular weight is 253 g/mol.